The Bertz CT molecular complexity index is 700. The van der Waals surface area contributed by atoms with E-state index in [1.54, 1.807) is 25.1 Å². The summed E-state index contributed by atoms with van der Waals surface area (Å²) < 4.78 is 26.4. The van der Waals surface area contributed by atoms with Gasteiger partial charge in [0.1, 0.15) is 11.9 Å². The molecule has 8 heteroatoms. The van der Waals surface area contributed by atoms with E-state index in [1.807, 2.05) is 0 Å². The van der Waals surface area contributed by atoms with Crippen molar-refractivity contribution in [3.8, 4) is 0 Å². The number of hydrogen-bond acceptors (Lipinski definition) is 5. The van der Waals surface area contributed by atoms with Crippen molar-refractivity contribution >= 4 is 21.8 Å². The first kappa shape index (κ1) is 17.4. The topological polar surface area (TPSA) is 99.7 Å². The highest BCUT2D eigenvalue weighted by atomic mass is 32.2. The quantitative estimate of drug-likeness (QED) is 0.620. The van der Waals surface area contributed by atoms with E-state index in [0.29, 0.717) is 18.7 Å². The van der Waals surface area contributed by atoms with Gasteiger partial charge in [-0.25, -0.2) is 8.42 Å². The van der Waals surface area contributed by atoms with E-state index in [1.165, 1.54) is 6.07 Å². The van der Waals surface area contributed by atoms with Crippen LogP contribution in [0.5, 0.6) is 0 Å². The van der Waals surface area contributed by atoms with Gasteiger partial charge < -0.3 is 10.6 Å². The van der Waals surface area contributed by atoms with E-state index in [4.69, 9.17) is 0 Å². The van der Waals surface area contributed by atoms with Crippen molar-refractivity contribution in [3.05, 3.63) is 29.8 Å². The van der Waals surface area contributed by atoms with Gasteiger partial charge in [-0.2, -0.15) is 0 Å². The minimum Gasteiger partial charge on any atom is -0.353 e. The van der Waals surface area contributed by atoms with Crippen LogP contribution in [0.15, 0.2) is 34.2 Å². The van der Waals surface area contributed by atoms with E-state index in [0.717, 1.165) is 13.0 Å². The number of hydrogen-bond donors (Lipinski definition) is 3. The molecule has 0 saturated carbocycles. The number of carbonyl (C=O) groups excluding carboxylic acids is 1. The number of rotatable bonds is 7. The number of fused-ring (bicyclic) bond motifs is 1. The molecule has 126 valence electrons. The lowest BCUT2D eigenvalue weighted by molar-refractivity contribution is -0.121. The highest BCUT2D eigenvalue weighted by molar-refractivity contribution is 7.90. The Labute approximate surface area is 136 Å². The monoisotopic (exact) mass is 338 g/mol. The van der Waals surface area contributed by atoms with E-state index in [9.17, 15) is 13.2 Å². The van der Waals surface area contributed by atoms with Crippen molar-refractivity contribution < 1.29 is 13.2 Å². The van der Waals surface area contributed by atoms with Crippen molar-refractivity contribution in [2.75, 3.05) is 19.6 Å². The highest BCUT2D eigenvalue weighted by Gasteiger charge is 2.31. The van der Waals surface area contributed by atoms with E-state index < -0.39 is 16.1 Å². The Morgan fingerprint density at radius 3 is 2.74 bits per heavy atom. The molecule has 1 aliphatic heterocycles. The molecule has 1 atom stereocenters. The molecule has 2 rings (SSSR count). The highest BCUT2D eigenvalue weighted by Crippen LogP contribution is 2.22. The van der Waals surface area contributed by atoms with Crippen molar-refractivity contribution in [1.82, 2.24) is 15.4 Å². The lowest BCUT2D eigenvalue weighted by atomic mass is 10.2. The molecule has 7 nitrogen and oxygen atoms in total. The summed E-state index contributed by atoms with van der Waals surface area (Å²) >= 11 is 0. The van der Waals surface area contributed by atoms with Gasteiger partial charge in [0, 0.05) is 18.7 Å². The van der Waals surface area contributed by atoms with Gasteiger partial charge in [-0.15, -0.1) is 0 Å². The number of nitrogens with one attached hydrogen (secondary N) is 3. The largest absolute Gasteiger partial charge is 0.353 e. The first-order valence-corrected chi connectivity index (χ1v) is 9.12. The predicted octanol–water partition coefficient (Wildman–Crippen LogP) is 0.229. The molecule has 0 radical (unpaired) electrons. The smallest absolute Gasteiger partial charge is 0.263 e. The van der Waals surface area contributed by atoms with Gasteiger partial charge >= 0.3 is 0 Å². The van der Waals surface area contributed by atoms with Crippen LogP contribution in [0.2, 0.25) is 0 Å². The molecule has 1 heterocycles. The number of benzene rings is 1. The molecule has 0 bridgehead atoms. The zero-order chi connectivity index (χ0) is 16.9. The summed E-state index contributed by atoms with van der Waals surface area (Å²) in [5, 5.41) is 5.96. The molecule has 1 aromatic carbocycles. The molecule has 1 aliphatic rings. The molecule has 0 saturated heterocycles. The maximum Gasteiger partial charge on any atom is 0.263 e. The van der Waals surface area contributed by atoms with Crippen LogP contribution in [-0.4, -0.2) is 45.8 Å². The lowest BCUT2D eigenvalue weighted by Crippen LogP contribution is -2.37. The number of amides is 1. The summed E-state index contributed by atoms with van der Waals surface area (Å²) in [6, 6.07) is 5.90. The maximum atomic E-state index is 12.0. The van der Waals surface area contributed by atoms with Gasteiger partial charge in [-0.1, -0.05) is 19.1 Å². The number of amidine groups is 1. The second-order valence-corrected chi connectivity index (χ2v) is 6.95. The Hall–Kier alpha value is -1.93. The van der Waals surface area contributed by atoms with Crippen LogP contribution < -0.4 is 15.4 Å². The lowest BCUT2D eigenvalue weighted by Gasteiger charge is -2.10. The molecule has 0 fully saturated rings. The van der Waals surface area contributed by atoms with Gasteiger partial charge in [0.15, 0.2) is 0 Å². The summed E-state index contributed by atoms with van der Waals surface area (Å²) in [4.78, 5) is 16.4. The first-order chi connectivity index (χ1) is 11.0. The number of aliphatic imine (C=N–C) groups is 1. The fourth-order valence-electron chi connectivity index (χ4n) is 2.21. The second-order valence-electron chi connectivity index (χ2n) is 5.30. The van der Waals surface area contributed by atoms with Crippen molar-refractivity contribution in [1.29, 1.82) is 0 Å². The van der Waals surface area contributed by atoms with Crippen LogP contribution in [0, 0.1) is 0 Å². The number of nitrogens with zero attached hydrogens (tertiary/aromatic N) is 1. The number of sulfonamides is 1. The Morgan fingerprint density at radius 1 is 1.26 bits per heavy atom. The number of carbonyl (C=O) groups is 1. The summed E-state index contributed by atoms with van der Waals surface area (Å²) in [5.41, 5.74) is 0.497. The van der Waals surface area contributed by atoms with Crippen molar-refractivity contribution in [3.63, 3.8) is 0 Å². The van der Waals surface area contributed by atoms with Crippen molar-refractivity contribution in [2.45, 2.75) is 31.2 Å². The summed E-state index contributed by atoms with van der Waals surface area (Å²) in [6.07, 6.45) is 1.04. The predicted molar refractivity (Wildman–Crippen MR) is 88.9 cm³/mol. The van der Waals surface area contributed by atoms with Crippen LogP contribution in [-0.2, 0) is 14.8 Å². The minimum atomic E-state index is -3.58. The molecule has 1 amide bonds. The summed E-state index contributed by atoms with van der Waals surface area (Å²) in [5.74, 6) is -0.0215. The van der Waals surface area contributed by atoms with Crippen LogP contribution in [0.4, 0.5) is 0 Å². The maximum absolute atomic E-state index is 12.0. The fourth-order valence-corrected chi connectivity index (χ4v) is 3.44. The van der Waals surface area contributed by atoms with E-state index >= 15 is 0 Å². The fraction of sp³-hybridized carbons (Fsp3) is 0.467. The Kier molecular flexibility index (Phi) is 5.73. The normalized spacial score (nSPS) is 18.3. The molecule has 0 aromatic heterocycles. The standard InChI is InChI=1S/C15H22N4O3S/c1-3-8-16-9-10-17-15(20)11(2)18-14-12-6-4-5-7-13(12)23(21,22)19-14/h4-7,11,16H,3,8-10H2,1-2H3,(H,17,20)(H,18,19). The molecule has 23 heavy (non-hydrogen) atoms. The molecular weight excluding hydrogens is 316 g/mol. The third-order valence-corrected chi connectivity index (χ3v) is 4.79. The molecule has 1 aromatic rings. The molecule has 0 spiro atoms. The third kappa shape index (κ3) is 4.29. The minimum absolute atomic E-state index is 0.190. The van der Waals surface area contributed by atoms with Gasteiger partial charge in [-0.3, -0.25) is 14.5 Å². The average molecular weight is 338 g/mol. The summed E-state index contributed by atoms with van der Waals surface area (Å²) in [6.45, 7) is 5.82. The van der Waals surface area contributed by atoms with E-state index in [-0.39, 0.29) is 16.6 Å². The molecule has 0 aliphatic carbocycles. The zero-order valence-electron chi connectivity index (χ0n) is 13.3. The van der Waals surface area contributed by atoms with Gasteiger partial charge in [0.25, 0.3) is 10.0 Å². The van der Waals surface area contributed by atoms with Crippen LogP contribution >= 0.6 is 0 Å². The molecular formula is C15H22N4O3S. The second kappa shape index (κ2) is 7.56. The van der Waals surface area contributed by atoms with Gasteiger partial charge in [0.05, 0.1) is 4.90 Å². The first-order valence-electron chi connectivity index (χ1n) is 7.64. The SMILES string of the molecule is CCCNCCNC(=O)C(C)N=C1NS(=O)(=O)c2ccccc21. The molecule has 3 N–H and O–H groups in total. The Morgan fingerprint density at radius 2 is 2.00 bits per heavy atom. The average Bonchev–Trinajstić information content (AvgIpc) is 2.78. The van der Waals surface area contributed by atoms with Crippen molar-refractivity contribution in [2.24, 2.45) is 4.99 Å². The van der Waals surface area contributed by atoms with Gasteiger partial charge in [0.2, 0.25) is 5.91 Å². The van der Waals surface area contributed by atoms with E-state index in [2.05, 4.69) is 27.3 Å². The summed E-state index contributed by atoms with van der Waals surface area (Å²) in [7, 11) is -3.58. The molecule has 1 unspecified atom stereocenters. The van der Waals surface area contributed by atoms with Crippen LogP contribution in [0.25, 0.3) is 0 Å². The van der Waals surface area contributed by atoms with Crippen LogP contribution in [0.3, 0.4) is 0 Å². The zero-order valence-corrected chi connectivity index (χ0v) is 14.1. The third-order valence-electron chi connectivity index (χ3n) is 3.39. The van der Waals surface area contributed by atoms with Crippen LogP contribution in [0.1, 0.15) is 25.8 Å². The van der Waals surface area contributed by atoms with Gasteiger partial charge in [-0.05, 0) is 32.0 Å². The Balaban J connectivity index is 2.00.